The minimum atomic E-state index is -0.514. The van der Waals surface area contributed by atoms with Crippen molar-refractivity contribution in [1.29, 1.82) is 0 Å². The number of hydrogen-bond acceptors (Lipinski definition) is 2. The minimum Gasteiger partial charge on any atom is -0.389 e. The fourth-order valence-electron chi connectivity index (χ4n) is 2.08. The fourth-order valence-corrected chi connectivity index (χ4v) is 2.08. The molecule has 0 atom stereocenters. The first-order valence-corrected chi connectivity index (χ1v) is 7.32. The van der Waals surface area contributed by atoms with Crippen LogP contribution in [-0.2, 0) is 0 Å². The zero-order valence-corrected chi connectivity index (χ0v) is 12.6. The third-order valence-electron chi connectivity index (χ3n) is 3.83. The van der Waals surface area contributed by atoms with Crippen LogP contribution in [0.15, 0.2) is 0 Å². The van der Waals surface area contributed by atoms with E-state index >= 15 is 0 Å². The van der Waals surface area contributed by atoms with Crippen molar-refractivity contribution in [1.82, 2.24) is 5.32 Å². The van der Waals surface area contributed by atoms with Crippen LogP contribution in [0.5, 0.6) is 0 Å². The largest absolute Gasteiger partial charge is 0.389 e. The Hall–Kier alpha value is -0.0800. The zero-order valence-electron chi connectivity index (χ0n) is 12.6. The van der Waals surface area contributed by atoms with Gasteiger partial charge >= 0.3 is 0 Å². The summed E-state index contributed by atoms with van der Waals surface area (Å²) in [6.07, 6.45) is 6.85. The molecule has 2 N–H and O–H groups in total. The van der Waals surface area contributed by atoms with Gasteiger partial charge in [-0.15, -0.1) is 0 Å². The van der Waals surface area contributed by atoms with Gasteiger partial charge in [0.1, 0.15) is 0 Å². The van der Waals surface area contributed by atoms with E-state index in [2.05, 4.69) is 39.9 Å². The quantitative estimate of drug-likeness (QED) is 0.573. The maximum Gasteiger partial charge on any atom is 0.0766 e. The smallest absolute Gasteiger partial charge is 0.0766 e. The monoisotopic (exact) mass is 243 g/mol. The Balaban J connectivity index is 3.85. The van der Waals surface area contributed by atoms with Gasteiger partial charge in [0.25, 0.3) is 0 Å². The number of aliphatic hydroxyl groups is 1. The third-order valence-corrected chi connectivity index (χ3v) is 3.83. The lowest BCUT2D eigenvalue weighted by Gasteiger charge is -2.30. The van der Waals surface area contributed by atoms with Gasteiger partial charge in [0.05, 0.1) is 5.60 Å². The van der Waals surface area contributed by atoms with Crippen molar-refractivity contribution in [2.75, 3.05) is 13.1 Å². The van der Waals surface area contributed by atoms with Crippen molar-refractivity contribution < 1.29 is 5.11 Å². The van der Waals surface area contributed by atoms with E-state index in [0.29, 0.717) is 5.41 Å². The van der Waals surface area contributed by atoms with Crippen LogP contribution in [-0.4, -0.2) is 23.8 Å². The number of rotatable bonds is 10. The van der Waals surface area contributed by atoms with E-state index in [9.17, 15) is 5.11 Å². The van der Waals surface area contributed by atoms with Crippen LogP contribution in [0.4, 0.5) is 0 Å². The van der Waals surface area contributed by atoms with Crippen molar-refractivity contribution in [2.24, 2.45) is 5.41 Å². The average molecular weight is 243 g/mol. The van der Waals surface area contributed by atoms with E-state index < -0.39 is 5.60 Å². The second-order valence-electron chi connectivity index (χ2n) is 6.16. The number of hydrogen-bond donors (Lipinski definition) is 2. The Bertz CT molecular complexity index is 185. The van der Waals surface area contributed by atoms with E-state index in [4.69, 9.17) is 0 Å². The van der Waals surface area contributed by atoms with Crippen LogP contribution >= 0.6 is 0 Å². The predicted octanol–water partition coefficient (Wildman–Crippen LogP) is 3.73. The normalized spacial score (nSPS) is 13.1. The summed E-state index contributed by atoms with van der Waals surface area (Å²) in [7, 11) is 0. The van der Waals surface area contributed by atoms with Gasteiger partial charge in [0.2, 0.25) is 0 Å². The zero-order chi connectivity index (χ0) is 13.4. The lowest BCUT2D eigenvalue weighted by molar-refractivity contribution is 0.0303. The maximum atomic E-state index is 10.2. The lowest BCUT2D eigenvalue weighted by atomic mass is 9.86. The second-order valence-corrected chi connectivity index (χ2v) is 6.16. The molecule has 2 nitrogen and oxygen atoms in total. The molecule has 0 spiro atoms. The summed E-state index contributed by atoms with van der Waals surface area (Å²) in [6, 6.07) is 0. The topological polar surface area (TPSA) is 32.3 Å². The molecular formula is C15H33NO. The molecule has 0 aliphatic rings. The Kier molecular flexibility index (Phi) is 8.06. The highest BCUT2D eigenvalue weighted by Crippen LogP contribution is 2.23. The van der Waals surface area contributed by atoms with Gasteiger partial charge in [-0.1, -0.05) is 53.9 Å². The van der Waals surface area contributed by atoms with E-state index in [1.165, 1.54) is 25.7 Å². The molecule has 2 heteroatoms. The van der Waals surface area contributed by atoms with Gasteiger partial charge in [0.15, 0.2) is 0 Å². The van der Waals surface area contributed by atoms with Crippen LogP contribution in [0, 0.1) is 5.41 Å². The third kappa shape index (κ3) is 7.77. The fraction of sp³-hybridized carbons (Fsp3) is 1.00. The van der Waals surface area contributed by atoms with E-state index in [1.54, 1.807) is 0 Å². The second kappa shape index (κ2) is 8.10. The summed E-state index contributed by atoms with van der Waals surface area (Å²) in [4.78, 5) is 0. The summed E-state index contributed by atoms with van der Waals surface area (Å²) in [5.41, 5.74) is -0.170. The highest BCUT2D eigenvalue weighted by Gasteiger charge is 2.23. The molecular weight excluding hydrogens is 210 g/mol. The summed E-state index contributed by atoms with van der Waals surface area (Å²) >= 11 is 0. The Morgan fingerprint density at radius 2 is 1.53 bits per heavy atom. The summed E-state index contributed by atoms with van der Waals surface area (Å²) < 4.78 is 0. The average Bonchev–Trinajstić information content (AvgIpc) is 2.28. The molecule has 0 aromatic rings. The van der Waals surface area contributed by atoms with Gasteiger partial charge in [-0.3, -0.25) is 0 Å². The molecule has 0 heterocycles. The molecule has 0 fully saturated rings. The van der Waals surface area contributed by atoms with Crippen LogP contribution in [0.2, 0.25) is 0 Å². The standard InChI is InChI=1S/C15H33NO/c1-6-9-10-11-14(4,5)12-16-13-15(17,7-2)8-3/h16-17H,6-13H2,1-5H3. The number of nitrogens with one attached hydrogen (secondary N) is 1. The summed E-state index contributed by atoms with van der Waals surface area (Å²) in [5.74, 6) is 0. The Morgan fingerprint density at radius 1 is 0.941 bits per heavy atom. The van der Waals surface area contributed by atoms with E-state index in [0.717, 1.165) is 25.9 Å². The van der Waals surface area contributed by atoms with Crippen molar-refractivity contribution in [3.05, 3.63) is 0 Å². The van der Waals surface area contributed by atoms with Gasteiger partial charge in [0, 0.05) is 13.1 Å². The van der Waals surface area contributed by atoms with Gasteiger partial charge in [-0.25, -0.2) is 0 Å². The molecule has 0 saturated heterocycles. The van der Waals surface area contributed by atoms with Crippen LogP contribution in [0.3, 0.4) is 0 Å². The van der Waals surface area contributed by atoms with Crippen LogP contribution < -0.4 is 5.32 Å². The van der Waals surface area contributed by atoms with Gasteiger partial charge in [-0.2, -0.15) is 0 Å². The molecule has 0 bridgehead atoms. The highest BCUT2D eigenvalue weighted by molar-refractivity contribution is 4.80. The summed E-state index contributed by atoms with van der Waals surface area (Å²) in [5, 5.41) is 13.6. The SMILES string of the molecule is CCCCCC(C)(C)CNCC(O)(CC)CC. The molecule has 0 aliphatic heterocycles. The molecule has 0 aromatic heterocycles. The molecule has 104 valence electrons. The molecule has 0 aliphatic carbocycles. The summed E-state index contributed by atoms with van der Waals surface area (Å²) in [6.45, 7) is 12.7. The molecule has 0 aromatic carbocycles. The van der Waals surface area contributed by atoms with Crippen molar-refractivity contribution in [3.8, 4) is 0 Å². The van der Waals surface area contributed by atoms with Crippen molar-refractivity contribution >= 4 is 0 Å². The Morgan fingerprint density at radius 3 is 2.00 bits per heavy atom. The Labute approximate surface area is 108 Å². The molecule has 0 amide bonds. The van der Waals surface area contributed by atoms with E-state index in [1.807, 2.05) is 0 Å². The maximum absolute atomic E-state index is 10.2. The minimum absolute atomic E-state index is 0.345. The first-order chi connectivity index (χ1) is 7.89. The lowest BCUT2D eigenvalue weighted by Crippen LogP contribution is -2.42. The van der Waals surface area contributed by atoms with Gasteiger partial charge in [-0.05, 0) is 24.7 Å². The predicted molar refractivity (Wildman–Crippen MR) is 76.3 cm³/mol. The van der Waals surface area contributed by atoms with Crippen LogP contribution in [0.25, 0.3) is 0 Å². The molecule has 0 radical (unpaired) electrons. The highest BCUT2D eigenvalue weighted by atomic mass is 16.3. The molecule has 0 unspecified atom stereocenters. The first kappa shape index (κ1) is 16.9. The van der Waals surface area contributed by atoms with Crippen molar-refractivity contribution in [2.45, 2.75) is 78.7 Å². The molecule has 17 heavy (non-hydrogen) atoms. The molecule has 0 rings (SSSR count). The van der Waals surface area contributed by atoms with Crippen LogP contribution in [0.1, 0.15) is 73.1 Å². The first-order valence-electron chi connectivity index (χ1n) is 7.32. The number of unbranched alkanes of at least 4 members (excludes halogenated alkanes) is 2. The van der Waals surface area contributed by atoms with Gasteiger partial charge < -0.3 is 10.4 Å². The van der Waals surface area contributed by atoms with Crippen molar-refractivity contribution in [3.63, 3.8) is 0 Å². The molecule has 0 saturated carbocycles. The van der Waals surface area contributed by atoms with E-state index in [-0.39, 0.29) is 0 Å².